The maximum atomic E-state index is 13.2. The third-order valence-electron chi connectivity index (χ3n) is 2.82. The number of aromatic nitrogens is 1. The predicted octanol–water partition coefficient (Wildman–Crippen LogP) is 5.75. The maximum absolute atomic E-state index is 13.2. The molecule has 1 aromatic carbocycles. The highest BCUT2D eigenvalue weighted by Gasteiger charge is 2.23. The molecule has 21 heavy (non-hydrogen) atoms. The summed E-state index contributed by atoms with van der Waals surface area (Å²) in [7, 11) is 0. The second-order valence-corrected chi connectivity index (χ2v) is 6.83. The fraction of sp³-hybridized carbons (Fsp3) is 0. The molecule has 0 spiro atoms. The second-order valence-electron chi connectivity index (χ2n) is 4.13. The number of hydrogen-bond donors (Lipinski definition) is 1. The van der Waals surface area contributed by atoms with Crippen LogP contribution >= 0.6 is 46.1 Å². The minimum Gasteiger partial charge on any atom is -0.380 e. The van der Waals surface area contributed by atoms with Crippen molar-refractivity contribution in [3.05, 3.63) is 43.8 Å². The molecule has 0 aliphatic carbocycles. The van der Waals surface area contributed by atoms with Crippen molar-refractivity contribution in [2.45, 2.75) is 0 Å². The number of thiophene rings is 1. The molecule has 0 fully saturated rings. The summed E-state index contributed by atoms with van der Waals surface area (Å²) in [5.41, 5.74) is 7.37. The van der Waals surface area contributed by atoms with Gasteiger partial charge < -0.3 is 10.3 Å². The first-order valence-corrected chi connectivity index (χ1v) is 7.58. The van der Waals surface area contributed by atoms with E-state index in [9.17, 15) is 4.39 Å². The maximum Gasteiger partial charge on any atom is 0.179 e. The van der Waals surface area contributed by atoms with Gasteiger partial charge in [-0.05, 0) is 24.3 Å². The molecule has 0 radical (unpaired) electrons. The molecule has 0 saturated carbocycles. The van der Waals surface area contributed by atoms with Crippen molar-refractivity contribution in [2.24, 2.45) is 0 Å². The Morgan fingerprint density at radius 1 is 1.14 bits per heavy atom. The highest BCUT2D eigenvalue weighted by Crippen LogP contribution is 2.45. The summed E-state index contributed by atoms with van der Waals surface area (Å²) in [4.78, 5) is 0. The molecule has 2 N–H and O–H groups in total. The quantitative estimate of drug-likeness (QED) is 0.630. The number of benzene rings is 1. The average Bonchev–Trinajstić information content (AvgIpc) is 2.93. The van der Waals surface area contributed by atoms with Gasteiger partial charge in [-0.2, -0.15) is 0 Å². The molecule has 108 valence electrons. The first-order chi connectivity index (χ1) is 9.97. The van der Waals surface area contributed by atoms with Crippen LogP contribution in [-0.2, 0) is 0 Å². The van der Waals surface area contributed by atoms with Crippen molar-refractivity contribution in [1.29, 1.82) is 0 Å². The van der Waals surface area contributed by atoms with Gasteiger partial charge in [0.15, 0.2) is 11.6 Å². The summed E-state index contributed by atoms with van der Waals surface area (Å²) in [6.07, 6.45) is 0. The van der Waals surface area contributed by atoms with E-state index in [1.165, 1.54) is 29.5 Å². The van der Waals surface area contributed by atoms with Crippen molar-refractivity contribution in [2.75, 3.05) is 5.73 Å². The van der Waals surface area contributed by atoms with Gasteiger partial charge in [-0.15, -0.1) is 11.3 Å². The van der Waals surface area contributed by atoms with Crippen molar-refractivity contribution in [1.82, 2.24) is 5.16 Å². The molecule has 2 aromatic heterocycles. The van der Waals surface area contributed by atoms with Crippen LogP contribution in [0.2, 0.25) is 13.7 Å². The zero-order valence-electron chi connectivity index (χ0n) is 10.2. The van der Waals surface area contributed by atoms with E-state index in [0.717, 1.165) is 0 Å². The van der Waals surface area contributed by atoms with Crippen LogP contribution in [0.3, 0.4) is 0 Å². The van der Waals surface area contributed by atoms with Crippen molar-refractivity contribution in [3.63, 3.8) is 0 Å². The summed E-state index contributed by atoms with van der Waals surface area (Å²) in [6.45, 7) is 0. The van der Waals surface area contributed by atoms with Crippen molar-refractivity contribution < 1.29 is 8.91 Å². The molecule has 0 aliphatic rings. The van der Waals surface area contributed by atoms with E-state index >= 15 is 0 Å². The van der Waals surface area contributed by atoms with Gasteiger partial charge >= 0.3 is 0 Å². The van der Waals surface area contributed by atoms with Crippen LogP contribution in [0.4, 0.5) is 10.2 Å². The van der Waals surface area contributed by atoms with Gasteiger partial charge in [0, 0.05) is 5.56 Å². The van der Waals surface area contributed by atoms with Crippen LogP contribution < -0.4 is 5.73 Å². The number of hydrogen-bond acceptors (Lipinski definition) is 4. The molecule has 3 rings (SSSR count). The average molecular weight is 364 g/mol. The van der Waals surface area contributed by atoms with Gasteiger partial charge in [-0.25, -0.2) is 4.39 Å². The second kappa shape index (κ2) is 5.50. The molecule has 0 bridgehead atoms. The Kier molecular flexibility index (Phi) is 3.84. The molecule has 0 amide bonds. The lowest BCUT2D eigenvalue weighted by atomic mass is 10.0. The van der Waals surface area contributed by atoms with E-state index in [4.69, 9.17) is 45.1 Å². The third-order valence-corrected chi connectivity index (χ3v) is 4.62. The van der Waals surface area contributed by atoms with E-state index in [-0.39, 0.29) is 10.8 Å². The standard InChI is InChI=1S/C13H6Cl3FN2OS/c14-8-3-5(17)1-2-6(8)10-11(20-19-13(10)18)7-4-9(15)21-12(7)16/h1-4H,(H2,18,19). The molecule has 2 heterocycles. The highest BCUT2D eigenvalue weighted by molar-refractivity contribution is 7.20. The molecule has 3 nitrogen and oxygen atoms in total. The lowest BCUT2D eigenvalue weighted by Gasteiger charge is -2.04. The molecule has 3 aromatic rings. The van der Waals surface area contributed by atoms with Crippen LogP contribution in [-0.4, -0.2) is 5.16 Å². The van der Waals surface area contributed by atoms with Gasteiger partial charge in [0.2, 0.25) is 0 Å². The van der Waals surface area contributed by atoms with E-state index in [1.807, 2.05) is 0 Å². The van der Waals surface area contributed by atoms with E-state index in [1.54, 1.807) is 6.07 Å². The number of rotatable bonds is 2. The fourth-order valence-electron chi connectivity index (χ4n) is 1.93. The zero-order chi connectivity index (χ0) is 15.1. The molecular formula is C13H6Cl3FN2OS. The normalized spacial score (nSPS) is 11.0. The minimum absolute atomic E-state index is 0.136. The monoisotopic (exact) mass is 362 g/mol. The Bertz CT molecular complexity index is 831. The SMILES string of the molecule is Nc1noc(-c2cc(Cl)sc2Cl)c1-c1ccc(F)cc1Cl. The van der Waals surface area contributed by atoms with Gasteiger partial charge in [0.1, 0.15) is 10.2 Å². The molecule has 0 unspecified atom stereocenters. The van der Waals surface area contributed by atoms with Crippen LogP contribution in [0.1, 0.15) is 0 Å². The zero-order valence-corrected chi connectivity index (χ0v) is 13.2. The Labute approximate surface area is 138 Å². The molecular weight excluding hydrogens is 358 g/mol. The third kappa shape index (κ3) is 2.62. The smallest absolute Gasteiger partial charge is 0.179 e. The summed E-state index contributed by atoms with van der Waals surface area (Å²) < 4.78 is 19.4. The highest BCUT2D eigenvalue weighted by atomic mass is 35.5. The summed E-state index contributed by atoms with van der Waals surface area (Å²) in [6, 6.07) is 5.62. The summed E-state index contributed by atoms with van der Waals surface area (Å²) >= 11 is 19.3. The number of nitrogens with two attached hydrogens (primary N) is 1. The molecule has 0 aliphatic heterocycles. The number of halogens is 4. The lowest BCUT2D eigenvalue weighted by molar-refractivity contribution is 0.436. The summed E-state index contributed by atoms with van der Waals surface area (Å²) in [5, 5.41) is 3.93. The first kappa shape index (κ1) is 14.7. The van der Waals surface area contributed by atoms with E-state index < -0.39 is 5.82 Å². The van der Waals surface area contributed by atoms with Gasteiger partial charge in [0.25, 0.3) is 0 Å². The summed E-state index contributed by atoms with van der Waals surface area (Å²) in [5.74, 6) is 0.0305. The Morgan fingerprint density at radius 3 is 2.52 bits per heavy atom. The minimum atomic E-state index is -0.447. The molecule has 8 heteroatoms. The van der Waals surface area contributed by atoms with Gasteiger partial charge in [-0.3, -0.25) is 0 Å². The van der Waals surface area contributed by atoms with Gasteiger partial charge in [-0.1, -0.05) is 40.0 Å². The van der Waals surface area contributed by atoms with E-state index in [0.29, 0.717) is 31.1 Å². The van der Waals surface area contributed by atoms with Crippen LogP contribution in [0.25, 0.3) is 22.5 Å². The molecule has 0 atom stereocenters. The number of anilines is 1. The van der Waals surface area contributed by atoms with Crippen LogP contribution in [0.5, 0.6) is 0 Å². The Morgan fingerprint density at radius 2 is 1.90 bits per heavy atom. The van der Waals surface area contributed by atoms with Crippen molar-refractivity contribution >= 4 is 52.0 Å². The topological polar surface area (TPSA) is 52.0 Å². The number of nitrogen functional groups attached to an aromatic ring is 1. The number of nitrogens with zero attached hydrogens (tertiary/aromatic N) is 1. The largest absolute Gasteiger partial charge is 0.380 e. The van der Waals surface area contributed by atoms with Crippen molar-refractivity contribution in [3.8, 4) is 22.5 Å². The van der Waals surface area contributed by atoms with Crippen LogP contribution in [0, 0.1) is 5.82 Å². The first-order valence-electron chi connectivity index (χ1n) is 5.63. The Balaban J connectivity index is 2.24. The van der Waals surface area contributed by atoms with E-state index in [2.05, 4.69) is 5.16 Å². The lowest BCUT2D eigenvalue weighted by Crippen LogP contribution is -1.90. The molecule has 0 saturated heterocycles. The Hall–Kier alpha value is -1.27. The fourth-order valence-corrected chi connectivity index (χ4v) is 3.65. The predicted molar refractivity (Wildman–Crippen MR) is 84.7 cm³/mol. The van der Waals surface area contributed by atoms with Gasteiger partial charge in [0.05, 0.1) is 20.5 Å². The van der Waals surface area contributed by atoms with Crippen LogP contribution in [0.15, 0.2) is 28.8 Å².